The Bertz CT molecular complexity index is 638. The molecule has 2 N–H and O–H groups in total. The fourth-order valence-electron chi connectivity index (χ4n) is 1.74. The molecule has 98 valence electrons. The summed E-state index contributed by atoms with van der Waals surface area (Å²) in [6, 6.07) is 10.2. The number of aromatic hydroxyl groups is 1. The van der Waals surface area contributed by atoms with Crippen molar-refractivity contribution in [3.05, 3.63) is 58.1 Å². The molecule has 4 heteroatoms. The number of hydrogen-bond donors (Lipinski definition) is 2. The lowest BCUT2D eigenvalue weighted by atomic mass is 10.1. The molecule has 0 radical (unpaired) electrons. The van der Waals surface area contributed by atoms with Gasteiger partial charge in [0, 0.05) is 0 Å². The fraction of sp³-hybridized carbons (Fsp3) is 0.133. The Morgan fingerprint density at radius 3 is 2.42 bits per heavy atom. The van der Waals surface area contributed by atoms with Gasteiger partial charge in [-0.25, -0.2) is 0 Å². The minimum atomic E-state index is -0.382. The molecule has 0 aliphatic rings. The molecule has 0 bridgehead atoms. The predicted molar refractivity (Wildman–Crippen MR) is 77.0 cm³/mol. The minimum Gasteiger partial charge on any atom is -0.507 e. The highest BCUT2D eigenvalue weighted by molar-refractivity contribution is 6.34. The zero-order valence-corrected chi connectivity index (χ0v) is 11.5. The van der Waals surface area contributed by atoms with Crippen LogP contribution in [0.1, 0.15) is 21.5 Å². The number of carbonyl (C=O) groups excluding carboxylic acids is 1. The van der Waals surface area contributed by atoms with Crippen LogP contribution in [0.25, 0.3) is 0 Å². The molecule has 0 aliphatic heterocycles. The molecule has 2 aromatic carbocycles. The molecule has 0 aliphatic carbocycles. The van der Waals surface area contributed by atoms with Gasteiger partial charge in [0.1, 0.15) is 5.75 Å². The molecule has 0 spiro atoms. The highest BCUT2D eigenvalue weighted by Crippen LogP contribution is 2.25. The Morgan fingerprint density at radius 1 is 1.11 bits per heavy atom. The first kappa shape index (κ1) is 13.4. The van der Waals surface area contributed by atoms with Crippen LogP contribution in [0, 0.1) is 13.8 Å². The molecule has 1 amide bonds. The quantitative estimate of drug-likeness (QED) is 0.873. The number of nitrogens with one attached hydrogen (secondary N) is 1. The zero-order chi connectivity index (χ0) is 14.0. The van der Waals surface area contributed by atoms with E-state index in [0.717, 1.165) is 11.1 Å². The second kappa shape index (κ2) is 5.33. The number of phenols is 1. The first-order chi connectivity index (χ1) is 8.97. The standard InChI is InChI=1S/C15H14ClNO2/c1-9-4-6-14(18)11(7-9)15(19)17-13-5-3-10(2)8-12(13)16/h3-8,18H,1-2H3,(H,17,19). The van der Waals surface area contributed by atoms with Crippen molar-refractivity contribution in [2.45, 2.75) is 13.8 Å². The number of aryl methyl sites for hydroxylation is 2. The summed E-state index contributed by atoms with van der Waals surface area (Å²) >= 11 is 6.05. The highest BCUT2D eigenvalue weighted by Gasteiger charge is 2.12. The third-order valence-corrected chi connectivity index (χ3v) is 3.08. The molecule has 0 atom stereocenters. The van der Waals surface area contributed by atoms with Crippen molar-refractivity contribution in [2.24, 2.45) is 0 Å². The summed E-state index contributed by atoms with van der Waals surface area (Å²) in [5, 5.41) is 12.9. The average molecular weight is 276 g/mol. The molecular weight excluding hydrogens is 262 g/mol. The van der Waals surface area contributed by atoms with E-state index in [9.17, 15) is 9.90 Å². The number of phenolic OH excluding ortho intramolecular Hbond substituents is 1. The van der Waals surface area contributed by atoms with Crippen molar-refractivity contribution in [2.75, 3.05) is 5.32 Å². The largest absolute Gasteiger partial charge is 0.507 e. The van der Waals surface area contributed by atoms with Gasteiger partial charge in [0.05, 0.1) is 16.3 Å². The van der Waals surface area contributed by atoms with Crippen LogP contribution in [0.4, 0.5) is 5.69 Å². The van der Waals surface area contributed by atoms with Crippen LogP contribution in [0.15, 0.2) is 36.4 Å². The molecule has 0 saturated heterocycles. The van der Waals surface area contributed by atoms with Gasteiger partial charge in [0.15, 0.2) is 0 Å². The smallest absolute Gasteiger partial charge is 0.259 e. The molecular formula is C15H14ClNO2. The van der Waals surface area contributed by atoms with Gasteiger partial charge >= 0.3 is 0 Å². The summed E-state index contributed by atoms with van der Waals surface area (Å²) in [5.74, 6) is -0.432. The molecule has 3 nitrogen and oxygen atoms in total. The van der Waals surface area contributed by atoms with Gasteiger partial charge < -0.3 is 10.4 Å². The van der Waals surface area contributed by atoms with Crippen LogP contribution in [0.2, 0.25) is 5.02 Å². The summed E-state index contributed by atoms with van der Waals surface area (Å²) in [5.41, 5.74) is 2.68. The summed E-state index contributed by atoms with van der Waals surface area (Å²) in [7, 11) is 0. The highest BCUT2D eigenvalue weighted by atomic mass is 35.5. The molecule has 0 saturated carbocycles. The molecule has 2 rings (SSSR count). The Kier molecular flexibility index (Phi) is 3.76. The van der Waals surface area contributed by atoms with Gasteiger partial charge in [0.25, 0.3) is 5.91 Å². The van der Waals surface area contributed by atoms with E-state index in [2.05, 4.69) is 5.32 Å². The second-order valence-electron chi connectivity index (χ2n) is 4.46. The van der Waals surface area contributed by atoms with E-state index < -0.39 is 0 Å². The van der Waals surface area contributed by atoms with Crippen molar-refractivity contribution in [3.63, 3.8) is 0 Å². The molecule has 0 heterocycles. The maximum absolute atomic E-state index is 12.1. The van der Waals surface area contributed by atoms with Gasteiger partial charge in [-0.15, -0.1) is 0 Å². The number of carbonyl (C=O) groups is 1. The van der Waals surface area contributed by atoms with Gasteiger partial charge in [-0.3, -0.25) is 4.79 Å². The number of benzene rings is 2. The number of amides is 1. The third kappa shape index (κ3) is 3.06. The minimum absolute atomic E-state index is 0.0497. The number of rotatable bonds is 2. The van der Waals surface area contributed by atoms with Gasteiger partial charge in [0.2, 0.25) is 0 Å². The monoisotopic (exact) mass is 275 g/mol. The summed E-state index contributed by atoms with van der Waals surface area (Å²) < 4.78 is 0. The van der Waals surface area contributed by atoms with Crippen LogP contribution >= 0.6 is 11.6 Å². The first-order valence-electron chi connectivity index (χ1n) is 5.84. The molecule has 0 fully saturated rings. The van der Waals surface area contributed by atoms with Crippen LogP contribution in [-0.4, -0.2) is 11.0 Å². The lowest BCUT2D eigenvalue weighted by Gasteiger charge is -2.09. The second-order valence-corrected chi connectivity index (χ2v) is 4.87. The summed E-state index contributed by atoms with van der Waals surface area (Å²) in [4.78, 5) is 12.1. The average Bonchev–Trinajstić information content (AvgIpc) is 2.35. The van der Waals surface area contributed by atoms with Crippen LogP contribution in [0.3, 0.4) is 0 Å². The van der Waals surface area contributed by atoms with Crippen LogP contribution < -0.4 is 5.32 Å². The van der Waals surface area contributed by atoms with Crippen molar-refractivity contribution >= 4 is 23.2 Å². The third-order valence-electron chi connectivity index (χ3n) is 2.77. The van der Waals surface area contributed by atoms with Gasteiger partial charge in [-0.1, -0.05) is 29.3 Å². The van der Waals surface area contributed by atoms with E-state index in [1.54, 1.807) is 24.3 Å². The SMILES string of the molecule is Cc1ccc(NC(=O)c2cc(C)ccc2O)c(Cl)c1. The predicted octanol–water partition coefficient (Wildman–Crippen LogP) is 3.91. The Balaban J connectivity index is 2.28. The normalized spacial score (nSPS) is 10.3. The molecule has 2 aromatic rings. The maximum atomic E-state index is 12.1. The van der Waals surface area contributed by atoms with Crippen LogP contribution in [-0.2, 0) is 0 Å². The van der Waals surface area contributed by atoms with Crippen molar-refractivity contribution in [3.8, 4) is 5.75 Å². The molecule has 0 aromatic heterocycles. The molecule has 0 unspecified atom stereocenters. The van der Waals surface area contributed by atoms with Crippen molar-refractivity contribution in [1.82, 2.24) is 0 Å². The van der Waals surface area contributed by atoms with Gasteiger partial charge in [-0.2, -0.15) is 0 Å². The van der Waals surface area contributed by atoms with E-state index in [1.165, 1.54) is 6.07 Å². The lowest BCUT2D eigenvalue weighted by molar-refractivity contribution is 0.102. The van der Waals surface area contributed by atoms with E-state index in [-0.39, 0.29) is 17.2 Å². The van der Waals surface area contributed by atoms with E-state index in [0.29, 0.717) is 10.7 Å². The number of hydrogen-bond acceptors (Lipinski definition) is 2. The zero-order valence-electron chi connectivity index (χ0n) is 10.7. The Morgan fingerprint density at radius 2 is 1.74 bits per heavy atom. The van der Waals surface area contributed by atoms with Crippen LogP contribution in [0.5, 0.6) is 5.75 Å². The number of anilines is 1. The Labute approximate surface area is 116 Å². The van der Waals surface area contributed by atoms with E-state index >= 15 is 0 Å². The molecule has 19 heavy (non-hydrogen) atoms. The summed E-state index contributed by atoms with van der Waals surface area (Å²) in [6.07, 6.45) is 0. The topological polar surface area (TPSA) is 49.3 Å². The fourth-order valence-corrected chi connectivity index (χ4v) is 2.03. The Hall–Kier alpha value is -2.00. The van der Waals surface area contributed by atoms with Gasteiger partial charge in [-0.05, 0) is 43.7 Å². The summed E-state index contributed by atoms with van der Waals surface area (Å²) in [6.45, 7) is 3.78. The van der Waals surface area contributed by atoms with E-state index in [1.807, 2.05) is 19.9 Å². The van der Waals surface area contributed by atoms with Crippen molar-refractivity contribution in [1.29, 1.82) is 0 Å². The number of halogens is 1. The maximum Gasteiger partial charge on any atom is 0.259 e. The van der Waals surface area contributed by atoms with Crippen molar-refractivity contribution < 1.29 is 9.90 Å². The first-order valence-corrected chi connectivity index (χ1v) is 6.22. The lowest BCUT2D eigenvalue weighted by Crippen LogP contribution is -2.12. The van der Waals surface area contributed by atoms with E-state index in [4.69, 9.17) is 11.6 Å².